The van der Waals surface area contributed by atoms with Gasteiger partial charge in [-0.1, -0.05) is 74.8 Å². The molecule has 0 radical (unpaired) electrons. The van der Waals surface area contributed by atoms with Crippen LogP contribution in [0.1, 0.15) is 37.7 Å². The van der Waals surface area contributed by atoms with E-state index in [4.69, 9.17) is 22.5 Å². The molecule has 7 aromatic rings. The molecule has 4 aromatic carbocycles. The van der Waals surface area contributed by atoms with Gasteiger partial charge in [0, 0.05) is 39.9 Å². The molecule has 0 aliphatic carbocycles. The van der Waals surface area contributed by atoms with Gasteiger partial charge in [-0.05, 0) is 47.3 Å². The van der Waals surface area contributed by atoms with E-state index in [-0.39, 0.29) is 26.5 Å². The largest absolute Gasteiger partial charge is 2.00 e. The fourth-order valence-electron chi connectivity index (χ4n) is 5.78. The normalized spacial score (nSPS) is 11.6. The molecule has 45 heavy (non-hydrogen) atoms. The molecule has 0 bridgehead atoms. The third kappa shape index (κ3) is 5.74. The summed E-state index contributed by atoms with van der Waals surface area (Å²) < 4.78 is 10.5. The number of rotatable bonds is 6. The van der Waals surface area contributed by atoms with Gasteiger partial charge in [-0.15, -0.1) is 35.7 Å². The van der Waals surface area contributed by atoms with Crippen molar-refractivity contribution in [3.8, 4) is 34.1 Å². The second kappa shape index (κ2) is 12.3. The van der Waals surface area contributed by atoms with E-state index in [1.54, 1.807) is 0 Å². The molecule has 0 saturated heterocycles. The van der Waals surface area contributed by atoms with Crippen LogP contribution >= 0.6 is 12.6 Å². The van der Waals surface area contributed by atoms with E-state index >= 15 is 0 Å². The first-order chi connectivity index (χ1) is 21.3. The minimum atomic E-state index is -0.169. The molecule has 0 amide bonds. The Kier molecular flexibility index (Phi) is 8.47. The third-order valence-electron chi connectivity index (χ3n) is 7.79. The summed E-state index contributed by atoms with van der Waals surface area (Å²) in [4.78, 5) is 4.69. The maximum Gasteiger partial charge on any atom is 2.00 e. The molecule has 0 N–H and O–H groups in total. The van der Waals surface area contributed by atoms with Gasteiger partial charge in [0.25, 0.3) is 0 Å². The number of benzene rings is 4. The van der Waals surface area contributed by atoms with Crippen LogP contribution in [0, 0.1) is 19.1 Å². The van der Waals surface area contributed by atoms with Gasteiger partial charge < -0.3 is 9.30 Å². The zero-order valence-electron chi connectivity index (χ0n) is 25.5. The van der Waals surface area contributed by atoms with Gasteiger partial charge in [0.15, 0.2) is 0 Å². The smallest absolute Gasteiger partial charge is 0.509 e. The average Bonchev–Trinajstić information content (AvgIpc) is 3.58. The van der Waals surface area contributed by atoms with Crippen molar-refractivity contribution in [1.82, 2.24) is 19.3 Å². The van der Waals surface area contributed by atoms with Crippen LogP contribution in [0.5, 0.6) is 11.5 Å². The zero-order valence-corrected chi connectivity index (χ0v) is 28.6. The van der Waals surface area contributed by atoms with Crippen LogP contribution in [0.25, 0.3) is 44.4 Å². The predicted molar refractivity (Wildman–Crippen MR) is 181 cm³/mol. The maximum atomic E-state index is 6.42. The molecule has 7 heteroatoms. The summed E-state index contributed by atoms with van der Waals surface area (Å²) in [6, 6.07) is 39.8. The number of aryl methyl sites for hydroxylation is 1. The number of nitrogens with zero attached hydrogens (tertiary/aromatic N) is 4. The topological polar surface area (TPSA) is 44.9 Å². The number of pyridine rings is 1. The molecule has 5 nitrogen and oxygen atoms in total. The van der Waals surface area contributed by atoms with E-state index in [2.05, 4.69) is 104 Å². The second-order valence-electron chi connectivity index (χ2n) is 12.0. The first-order valence-corrected chi connectivity index (χ1v) is 15.3. The van der Waals surface area contributed by atoms with E-state index in [1.807, 2.05) is 53.3 Å². The molecule has 0 saturated carbocycles. The van der Waals surface area contributed by atoms with Crippen molar-refractivity contribution < 1.29 is 25.8 Å². The predicted octanol–water partition coefficient (Wildman–Crippen LogP) is 9.46. The number of ether oxygens (including phenoxy) is 1. The van der Waals surface area contributed by atoms with Crippen LogP contribution in [-0.4, -0.2) is 19.3 Å². The summed E-state index contributed by atoms with van der Waals surface area (Å²) in [5.74, 6) is 2.54. The van der Waals surface area contributed by atoms with Crippen molar-refractivity contribution in [3.63, 3.8) is 0 Å². The molecular weight excluding hydrogens is 756 g/mol. The van der Waals surface area contributed by atoms with Gasteiger partial charge in [0.05, 0.1) is 11.4 Å². The van der Waals surface area contributed by atoms with E-state index in [0.717, 1.165) is 61.4 Å². The number of hydrogen-bond donors (Lipinski definition) is 1. The third-order valence-corrected chi connectivity index (χ3v) is 8.09. The Morgan fingerprint density at radius 1 is 0.822 bits per heavy atom. The molecule has 226 valence electrons. The molecule has 3 aromatic heterocycles. The van der Waals surface area contributed by atoms with Gasteiger partial charge >= 0.3 is 21.1 Å². The van der Waals surface area contributed by atoms with Gasteiger partial charge in [-0.25, -0.2) is 4.98 Å². The summed E-state index contributed by atoms with van der Waals surface area (Å²) >= 11 is 4.75. The first-order valence-electron chi connectivity index (χ1n) is 14.7. The number of fused-ring (bicyclic) bond motifs is 3. The minimum absolute atomic E-state index is 0. The van der Waals surface area contributed by atoms with Crippen molar-refractivity contribution in [3.05, 3.63) is 132 Å². The summed E-state index contributed by atoms with van der Waals surface area (Å²) in [5, 5.41) is 7.36. The minimum Gasteiger partial charge on any atom is -0.509 e. The Labute approximate surface area is 283 Å². The van der Waals surface area contributed by atoms with Crippen molar-refractivity contribution >= 4 is 34.4 Å². The van der Waals surface area contributed by atoms with Gasteiger partial charge in [0.1, 0.15) is 5.82 Å². The molecule has 7 rings (SSSR count). The van der Waals surface area contributed by atoms with Crippen LogP contribution in [0.3, 0.4) is 0 Å². The monoisotopic (exact) mass is 787 g/mol. The van der Waals surface area contributed by atoms with E-state index in [1.165, 1.54) is 0 Å². The second-order valence-corrected chi connectivity index (χ2v) is 12.3. The number of aromatic nitrogens is 4. The number of thiol groups is 1. The molecule has 0 atom stereocenters. The summed E-state index contributed by atoms with van der Waals surface area (Å²) in [5.41, 5.74) is 8.02. The molecule has 0 aliphatic rings. The summed E-state index contributed by atoms with van der Waals surface area (Å²) in [6.45, 7) is 8.64. The van der Waals surface area contributed by atoms with Crippen LogP contribution in [0.15, 0.2) is 103 Å². The Morgan fingerprint density at radius 2 is 1.58 bits per heavy atom. The van der Waals surface area contributed by atoms with Crippen LogP contribution in [0.2, 0.25) is 0 Å². The van der Waals surface area contributed by atoms with Crippen LogP contribution < -0.4 is 4.74 Å². The standard InChI is InChI=1S/C38H32N4OS.Pt/c1-25-19-20-39-35(21-25)41-32-16-9-8-15-30(32)31-18-17-29(23-33(31)41)43-28-14-10-13-27(22-28)42-34(24-44)36(26-11-6-5-7-12-26)37(40-42)38(2,3)4;/h5-21,44H,24H2,1-4H3;/q-2;+2. The zero-order chi connectivity index (χ0) is 30.4. The Morgan fingerprint density at radius 3 is 2.33 bits per heavy atom. The molecule has 3 heterocycles. The number of hydrogen-bond acceptors (Lipinski definition) is 4. The molecule has 0 spiro atoms. The van der Waals surface area contributed by atoms with E-state index < -0.39 is 0 Å². The van der Waals surface area contributed by atoms with E-state index in [0.29, 0.717) is 17.3 Å². The summed E-state index contributed by atoms with van der Waals surface area (Å²) in [6.07, 6.45) is 1.84. The SMILES string of the molecule is Cc1ccnc(-n2c3[c-]c(Oc4[c-]c(-n5nc(C(C)(C)C)c(-c6ccccc6)c5CS)ccc4)ccc3c3ccccc32)c1.[Pt+2]. The Hall–Kier alpha value is -4.12. The quantitative estimate of drug-likeness (QED) is 0.135. The van der Waals surface area contributed by atoms with Crippen molar-refractivity contribution in [2.45, 2.75) is 38.9 Å². The van der Waals surface area contributed by atoms with Crippen LogP contribution in [0.4, 0.5) is 0 Å². The number of para-hydroxylation sites is 1. The maximum absolute atomic E-state index is 6.42. The molecule has 0 aliphatic heterocycles. The van der Waals surface area contributed by atoms with Crippen molar-refractivity contribution in [1.29, 1.82) is 0 Å². The van der Waals surface area contributed by atoms with E-state index in [9.17, 15) is 0 Å². The molecule has 0 unspecified atom stereocenters. The van der Waals surface area contributed by atoms with Gasteiger partial charge in [0.2, 0.25) is 0 Å². The Balaban J connectivity index is 0.00000357. The average molecular weight is 788 g/mol. The first kappa shape index (κ1) is 30.9. The van der Waals surface area contributed by atoms with Gasteiger partial charge in [-0.2, -0.15) is 29.9 Å². The fourth-order valence-corrected chi connectivity index (χ4v) is 6.08. The van der Waals surface area contributed by atoms with Crippen molar-refractivity contribution in [2.75, 3.05) is 0 Å². The molecular formula is C38H32N4OPtS. The fraction of sp³-hybridized carbons (Fsp3) is 0.158. The Bertz CT molecular complexity index is 2140. The molecule has 0 fully saturated rings. The van der Waals surface area contributed by atoms with Crippen LogP contribution in [-0.2, 0) is 32.2 Å². The summed E-state index contributed by atoms with van der Waals surface area (Å²) in [7, 11) is 0. The van der Waals surface area contributed by atoms with Crippen molar-refractivity contribution in [2.24, 2.45) is 0 Å². The van der Waals surface area contributed by atoms with Gasteiger partial charge in [-0.3, -0.25) is 4.68 Å².